The molecule has 0 radical (unpaired) electrons. The van der Waals surface area contributed by atoms with Gasteiger partial charge in [-0.1, -0.05) is 11.3 Å². The van der Waals surface area contributed by atoms with Gasteiger partial charge < -0.3 is 9.64 Å². The molecule has 4 rings (SSSR count). The van der Waals surface area contributed by atoms with E-state index in [0.717, 1.165) is 36.0 Å². The fraction of sp³-hybridized carbons (Fsp3) is 0.375. The molecule has 1 aliphatic rings. The zero-order chi connectivity index (χ0) is 15.1. The lowest BCUT2D eigenvalue weighted by Gasteiger charge is -2.39. The quantitative estimate of drug-likeness (QED) is 0.742. The van der Waals surface area contributed by atoms with Crippen LogP contribution in [0.5, 0.6) is 5.75 Å². The normalized spacial score (nSPS) is 15.3. The lowest BCUT2D eigenvalue weighted by atomic mass is 10.0. The molecule has 6 heteroatoms. The average molecular weight is 314 g/mol. The van der Waals surface area contributed by atoms with Crippen molar-refractivity contribution in [3.8, 4) is 5.75 Å². The Morgan fingerprint density at radius 3 is 2.95 bits per heavy atom. The van der Waals surface area contributed by atoms with E-state index in [0.29, 0.717) is 5.92 Å². The van der Waals surface area contributed by atoms with Gasteiger partial charge in [0.15, 0.2) is 5.13 Å². The Labute approximate surface area is 133 Å². The van der Waals surface area contributed by atoms with Crippen LogP contribution in [0.4, 0.5) is 5.13 Å². The van der Waals surface area contributed by atoms with Gasteiger partial charge in [-0.3, -0.25) is 4.68 Å². The fourth-order valence-corrected chi connectivity index (χ4v) is 3.84. The molecule has 1 fully saturated rings. The lowest BCUT2D eigenvalue weighted by molar-refractivity contribution is 0.342. The minimum atomic E-state index is 0.654. The summed E-state index contributed by atoms with van der Waals surface area (Å²) in [6, 6.07) is 6.04. The van der Waals surface area contributed by atoms with E-state index in [1.165, 1.54) is 10.3 Å². The van der Waals surface area contributed by atoms with Crippen LogP contribution in [-0.4, -0.2) is 35.0 Å². The molecule has 1 aliphatic heterocycles. The van der Waals surface area contributed by atoms with Crippen LogP contribution in [0.2, 0.25) is 0 Å². The number of nitrogens with zero attached hydrogens (tertiary/aromatic N) is 4. The molecule has 0 amide bonds. The first-order valence-corrected chi connectivity index (χ1v) is 8.21. The zero-order valence-corrected chi connectivity index (χ0v) is 13.5. The van der Waals surface area contributed by atoms with Crippen molar-refractivity contribution in [1.82, 2.24) is 14.8 Å². The van der Waals surface area contributed by atoms with Crippen LogP contribution in [0, 0.1) is 12.8 Å². The van der Waals surface area contributed by atoms with Crippen molar-refractivity contribution in [3.05, 3.63) is 36.2 Å². The van der Waals surface area contributed by atoms with Crippen molar-refractivity contribution < 1.29 is 4.74 Å². The van der Waals surface area contributed by atoms with Crippen LogP contribution in [-0.2, 0) is 6.54 Å². The van der Waals surface area contributed by atoms with Gasteiger partial charge in [-0.2, -0.15) is 5.10 Å². The Morgan fingerprint density at radius 1 is 1.36 bits per heavy atom. The summed E-state index contributed by atoms with van der Waals surface area (Å²) in [7, 11) is 1.69. The predicted molar refractivity (Wildman–Crippen MR) is 88.8 cm³/mol. The molecular formula is C16H18N4OS. The minimum absolute atomic E-state index is 0.654. The molecule has 0 saturated carbocycles. The third-order valence-corrected chi connectivity index (χ3v) is 5.10. The van der Waals surface area contributed by atoms with Crippen LogP contribution in [0.25, 0.3) is 10.2 Å². The minimum Gasteiger partial charge on any atom is -0.497 e. The van der Waals surface area contributed by atoms with E-state index in [1.807, 2.05) is 23.0 Å². The first-order valence-electron chi connectivity index (χ1n) is 7.40. The van der Waals surface area contributed by atoms with Crippen LogP contribution in [0.15, 0.2) is 30.6 Å². The van der Waals surface area contributed by atoms with E-state index < -0.39 is 0 Å². The van der Waals surface area contributed by atoms with E-state index in [1.54, 1.807) is 18.4 Å². The summed E-state index contributed by atoms with van der Waals surface area (Å²) in [6.45, 7) is 5.17. The van der Waals surface area contributed by atoms with E-state index in [-0.39, 0.29) is 0 Å². The Bertz CT molecular complexity index is 803. The largest absolute Gasteiger partial charge is 0.497 e. The Kier molecular flexibility index (Phi) is 3.26. The Balaban J connectivity index is 1.44. The fourth-order valence-electron chi connectivity index (χ4n) is 2.83. The van der Waals surface area contributed by atoms with Gasteiger partial charge in [-0.15, -0.1) is 0 Å². The molecule has 0 bridgehead atoms. The molecule has 0 unspecified atom stereocenters. The van der Waals surface area contributed by atoms with Gasteiger partial charge in [-0.25, -0.2) is 4.98 Å². The lowest BCUT2D eigenvalue weighted by Crippen LogP contribution is -2.48. The maximum absolute atomic E-state index is 5.27. The van der Waals surface area contributed by atoms with Crippen molar-refractivity contribution in [3.63, 3.8) is 0 Å². The number of fused-ring (bicyclic) bond motifs is 1. The molecule has 3 heterocycles. The number of benzene rings is 1. The van der Waals surface area contributed by atoms with Gasteiger partial charge in [0.05, 0.1) is 23.5 Å². The molecule has 114 valence electrons. The number of ether oxygens (including phenoxy) is 1. The van der Waals surface area contributed by atoms with Gasteiger partial charge in [0.2, 0.25) is 0 Å². The number of hydrogen-bond donors (Lipinski definition) is 0. The molecule has 0 spiro atoms. The van der Waals surface area contributed by atoms with E-state index >= 15 is 0 Å². The number of methoxy groups -OCH3 is 1. The topological polar surface area (TPSA) is 43.2 Å². The van der Waals surface area contributed by atoms with Crippen molar-refractivity contribution >= 4 is 26.7 Å². The van der Waals surface area contributed by atoms with Crippen LogP contribution in [0.3, 0.4) is 0 Å². The van der Waals surface area contributed by atoms with Crippen molar-refractivity contribution in [2.24, 2.45) is 5.92 Å². The van der Waals surface area contributed by atoms with Crippen LogP contribution >= 0.6 is 11.3 Å². The molecule has 1 saturated heterocycles. The smallest absolute Gasteiger partial charge is 0.186 e. The summed E-state index contributed by atoms with van der Waals surface area (Å²) >= 11 is 1.74. The Morgan fingerprint density at radius 2 is 2.23 bits per heavy atom. The predicted octanol–water partition coefficient (Wildman–Crippen LogP) is 2.95. The van der Waals surface area contributed by atoms with E-state index in [2.05, 4.69) is 29.2 Å². The highest BCUT2D eigenvalue weighted by Gasteiger charge is 2.29. The zero-order valence-electron chi connectivity index (χ0n) is 12.7. The summed E-state index contributed by atoms with van der Waals surface area (Å²) in [5.41, 5.74) is 2.27. The second-order valence-corrected chi connectivity index (χ2v) is 6.85. The number of aryl methyl sites for hydroxylation is 1. The summed E-state index contributed by atoms with van der Waals surface area (Å²) in [6.07, 6.45) is 4.02. The first-order chi connectivity index (χ1) is 10.7. The molecule has 0 atom stereocenters. The monoisotopic (exact) mass is 314 g/mol. The molecule has 22 heavy (non-hydrogen) atoms. The standard InChI is InChI=1S/C16H18N4OS/c1-11-6-17-20(7-11)10-12-8-19(9-12)16-18-14-4-3-13(21-2)5-15(14)22-16/h3-7,12H,8-10H2,1-2H3. The summed E-state index contributed by atoms with van der Waals surface area (Å²) < 4.78 is 8.50. The highest BCUT2D eigenvalue weighted by atomic mass is 32.1. The van der Waals surface area contributed by atoms with Gasteiger partial charge >= 0.3 is 0 Å². The van der Waals surface area contributed by atoms with E-state index in [9.17, 15) is 0 Å². The average Bonchev–Trinajstić information content (AvgIpc) is 3.07. The summed E-state index contributed by atoms with van der Waals surface area (Å²) in [5, 5.41) is 5.47. The van der Waals surface area contributed by atoms with Gasteiger partial charge in [-0.05, 0) is 30.7 Å². The number of hydrogen-bond acceptors (Lipinski definition) is 5. The number of aromatic nitrogens is 3. The van der Waals surface area contributed by atoms with Crippen molar-refractivity contribution in [1.29, 1.82) is 0 Å². The maximum atomic E-state index is 5.27. The molecule has 2 aromatic heterocycles. The van der Waals surface area contributed by atoms with Crippen LogP contribution < -0.4 is 9.64 Å². The molecule has 5 nitrogen and oxygen atoms in total. The van der Waals surface area contributed by atoms with Crippen LogP contribution in [0.1, 0.15) is 5.56 Å². The first kappa shape index (κ1) is 13.6. The van der Waals surface area contributed by atoms with E-state index in [4.69, 9.17) is 9.72 Å². The molecule has 3 aromatic rings. The maximum Gasteiger partial charge on any atom is 0.186 e. The van der Waals surface area contributed by atoms with Crippen molar-refractivity contribution in [2.45, 2.75) is 13.5 Å². The van der Waals surface area contributed by atoms with Crippen molar-refractivity contribution in [2.75, 3.05) is 25.1 Å². The number of anilines is 1. The molecular weight excluding hydrogens is 296 g/mol. The van der Waals surface area contributed by atoms with Gasteiger partial charge in [0.1, 0.15) is 5.75 Å². The summed E-state index contributed by atoms with van der Waals surface area (Å²) in [5.74, 6) is 1.54. The molecule has 0 N–H and O–H groups in total. The van der Waals surface area contributed by atoms with Gasteiger partial charge in [0, 0.05) is 31.7 Å². The second-order valence-electron chi connectivity index (χ2n) is 5.84. The number of rotatable bonds is 4. The molecule has 0 aliphatic carbocycles. The highest BCUT2D eigenvalue weighted by Crippen LogP contribution is 2.34. The molecule has 1 aromatic carbocycles. The SMILES string of the molecule is COc1ccc2nc(N3CC(Cn4cc(C)cn4)C3)sc2c1. The van der Waals surface area contributed by atoms with Gasteiger partial charge in [0.25, 0.3) is 0 Å². The second kappa shape index (κ2) is 5.28. The number of thiazole rings is 1. The summed E-state index contributed by atoms with van der Waals surface area (Å²) in [4.78, 5) is 7.07. The third kappa shape index (κ3) is 2.43. The third-order valence-electron chi connectivity index (χ3n) is 4.02. The highest BCUT2D eigenvalue weighted by molar-refractivity contribution is 7.22. The Hall–Kier alpha value is -2.08.